The van der Waals surface area contributed by atoms with Crippen LogP contribution in [-0.2, 0) is 0 Å². The van der Waals surface area contributed by atoms with E-state index in [4.69, 9.17) is 16.7 Å². The predicted octanol–water partition coefficient (Wildman–Crippen LogP) is 3.52. The number of hydrogen-bond acceptors (Lipinski definition) is 5. The monoisotopic (exact) mass is 322 g/mol. The number of hydrogen-bond donors (Lipinski definition) is 1. The SMILES string of the molecule is O=C(O)c1cccc(-c2ccc([N+](=O)[O-])cc2[N+](=O)[O-])c1Cl. The van der Waals surface area contributed by atoms with Gasteiger partial charge in [-0.1, -0.05) is 23.7 Å². The van der Waals surface area contributed by atoms with Gasteiger partial charge in [-0.2, -0.15) is 0 Å². The van der Waals surface area contributed by atoms with Crippen molar-refractivity contribution in [2.75, 3.05) is 0 Å². The highest BCUT2D eigenvalue weighted by Gasteiger charge is 2.23. The molecule has 0 bridgehead atoms. The van der Waals surface area contributed by atoms with E-state index in [1.807, 2.05) is 0 Å². The number of non-ortho nitro benzene ring substituents is 1. The van der Waals surface area contributed by atoms with Gasteiger partial charge in [0.25, 0.3) is 11.4 Å². The van der Waals surface area contributed by atoms with Crippen molar-refractivity contribution < 1.29 is 19.7 Å². The molecule has 112 valence electrons. The first-order valence-electron chi connectivity index (χ1n) is 5.78. The number of halogens is 1. The van der Waals surface area contributed by atoms with Gasteiger partial charge in [0.15, 0.2) is 0 Å². The molecule has 0 heterocycles. The summed E-state index contributed by atoms with van der Waals surface area (Å²) in [6.07, 6.45) is 0. The summed E-state index contributed by atoms with van der Waals surface area (Å²) in [4.78, 5) is 31.4. The second-order valence-electron chi connectivity index (χ2n) is 4.19. The average molecular weight is 323 g/mol. The Labute approximate surface area is 127 Å². The highest BCUT2D eigenvalue weighted by atomic mass is 35.5. The quantitative estimate of drug-likeness (QED) is 0.678. The summed E-state index contributed by atoms with van der Waals surface area (Å²) < 4.78 is 0. The molecule has 0 aromatic heterocycles. The van der Waals surface area contributed by atoms with Gasteiger partial charge < -0.3 is 5.11 Å². The lowest BCUT2D eigenvalue weighted by Crippen LogP contribution is -2.00. The third-order valence-electron chi connectivity index (χ3n) is 2.91. The Morgan fingerprint density at radius 3 is 2.27 bits per heavy atom. The summed E-state index contributed by atoms with van der Waals surface area (Å²) in [6.45, 7) is 0. The maximum Gasteiger partial charge on any atom is 0.337 e. The van der Waals surface area contributed by atoms with E-state index in [1.165, 1.54) is 24.3 Å². The Bertz CT molecular complexity index is 805. The van der Waals surface area contributed by atoms with Gasteiger partial charge in [0.05, 0.1) is 32.1 Å². The lowest BCUT2D eigenvalue weighted by Gasteiger charge is -2.07. The van der Waals surface area contributed by atoms with Crippen molar-refractivity contribution in [1.29, 1.82) is 0 Å². The van der Waals surface area contributed by atoms with Gasteiger partial charge in [-0.05, 0) is 12.1 Å². The number of benzene rings is 2. The zero-order chi connectivity index (χ0) is 16.4. The third-order valence-corrected chi connectivity index (χ3v) is 3.32. The minimum atomic E-state index is -1.28. The summed E-state index contributed by atoms with van der Waals surface area (Å²) in [5.41, 5.74) is -1.07. The topological polar surface area (TPSA) is 124 Å². The molecule has 0 spiro atoms. The van der Waals surface area contributed by atoms with Crippen LogP contribution in [0.4, 0.5) is 11.4 Å². The van der Waals surface area contributed by atoms with Gasteiger partial charge in [-0.3, -0.25) is 20.2 Å². The van der Waals surface area contributed by atoms with Crippen LogP contribution in [-0.4, -0.2) is 20.9 Å². The van der Waals surface area contributed by atoms with E-state index in [-0.39, 0.29) is 21.7 Å². The molecule has 1 N–H and O–H groups in total. The molecule has 0 amide bonds. The number of nitrogens with zero attached hydrogens (tertiary/aromatic N) is 2. The van der Waals surface area contributed by atoms with E-state index in [0.29, 0.717) is 0 Å². The van der Waals surface area contributed by atoms with Crippen molar-refractivity contribution in [2.45, 2.75) is 0 Å². The Balaban J connectivity index is 2.73. The average Bonchev–Trinajstić information content (AvgIpc) is 2.46. The molecule has 2 aromatic carbocycles. The first kappa shape index (κ1) is 15.4. The molecule has 0 aliphatic carbocycles. The molecule has 0 unspecified atom stereocenters. The van der Waals surface area contributed by atoms with Crippen molar-refractivity contribution in [3.05, 3.63) is 67.2 Å². The molecule has 2 aromatic rings. The van der Waals surface area contributed by atoms with Crippen LogP contribution in [0.3, 0.4) is 0 Å². The van der Waals surface area contributed by atoms with Crippen molar-refractivity contribution in [2.24, 2.45) is 0 Å². The highest BCUT2D eigenvalue weighted by molar-refractivity contribution is 6.36. The van der Waals surface area contributed by atoms with Gasteiger partial charge >= 0.3 is 5.97 Å². The smallest absolute Gasteiger partial charge is 0.337 e. The van der Waals surface area contributed by atoms with E-state index in [1.54, 1.807) is 0 Å². The number of nitro groups is 2. The first-order valence-corrected chi connectivity index (χ1v) is 6.15. The van der Waals surface area contributed by atoms with Crippen molar-refractivity contribution in [3.63, 3.8) is 0 Å². The number of rotatable bonds is 4. The molecule has 22 heavy (non-hydrogen) atoms. The predicted molar refractivity (Wildman–Crippen MR) is 77.2 cm³/mol. The van der Waals surface area contributed by atoms with Crippen LogP contribution in [0, 0.1) is 20.2 Å². The summed E-state index contributed by atoms with van der Waals surface area (Å²) in [7, 11) is 0. The second-order valence-corrected chi connectivity index (χ2v) is 4.57. The minimum Gasteiger partial charge on any atom is -0.478 e. The van der Waals surface area contributed by atoms with E-state index in [0.717, 1.165) is 12.1 Å². The van der Waals surface area contributed by atoms with Gasteiger partial charge in [0, 0.05) is 11.6 Å². The number of aromatic carboxylic acids is 1. The molecule has 0 fully saturated rings. The third kappa shape index (κ3) is 2.72. The largest absolute Gasteiger partial charge is 0.478 e. The Morgan fingerprint density at radius 2 is 1.73 bits per heavy atom. The van der Waals surface area contributed by atoms with E-state index in [2.05, 4.69) is 0 Å². The van der Waals surface area contributed by atoms with Crippen LogP contribution in [0.25, 0.3) is 11.1 Å². The molecule has 2 rings (SSSR count). The summed E-state index contributed by atoms with van der Waals surface area (Å²) in [6, 6.07) is 7.11. The van der Waals surface area contributed by atoms with Crippen LogP contribution in [0.1, 0.15) is 10.4 Å². The zero-order valence-electron chi connectivity index (χ0n) is 10.7. The molecule has 9 heteroatoms. The molecule has 0 saturated carbocycles. The summed E-state index contributed by atoms with van der Waals surface area (Å²) in [5.74, 6) is -1.28. The van der Waals surface area contributed by atoms with Gasteiger partial charge in [0.1, 0.15) is 0 Å². The standard InChI is InChI=1S/C13H7ClN2O6/c14-12-9(2-1-3-10(12)13(17)18)8-5-4-7(15(19)20)6-11(8)16(21)22/h1-6H,(H,17,18). The Morgan fingerprint density at radius 1 is 1.05 bits per heavy atom. The van der Waals surface area contributed by atoms with Gasteiger partial charge in [-0.15, -0.1) is 0 Å². The van der Waals surface area contributed by atoms with E-state index >= 15 is 0 Å². The van der Waals surface area contributed by atoms with E-state index in [9.17, 15) is 25.0 Å². The van der Waals surface area contributed by atoms with Crippen LogP contribution in [0.15, 0.2) is 36.4 Å². The lowest BCUT2D eigenvalue weighted by atomic mass is 10.0. The number of carboxylic acid groups (broad SMARTS) is 1. The van der Waals surface area contributed by atoms with Crippen molar-refractivity contribution in [1.82, 2.24) is 0 Å². The molecule has 0 radical (unpaired) electrons. The fraction of sp³-hybridized carbons (Fsp3) is 0. The Hall–Kier alpha value is -3.00. The van der Waals surface area contributed by atoms with E-state index < -0.39 is 27.2 Å². The molecular weight excluding hydrogens is 316 g/mol. The number of carboxylic acids is 1. The van der Waals surface area contributed by atoms with Gasteiger partial charge in [0.2, 0.25) is 0 Å². The van der Waals surface area contributed by atoms with Crippen LogP contribution in [0.2, 0.25) is 5.02 Å². The Kier molecular flexibility index (Phi) is 4.04. The second kappa shape index (κ2) is 5.78. The minimum absolute atomic E-state index is 0.00343. The zero-order valence-corrected chi connectivity index (χ0v) is 11.5. The number of nitro benzene ring substituents is 2. The van der Waals surface area contributed by atoms with Gasteiger partial charge in [-0.25, -0.2) is 4.79 Å². The summed E-state index contributed by atoms with van der Waals surface area (Å²) >= 11 is 5.98. The molecule has 8 nitrogen and oxygen atoms in total. The maximum atomic E-state index is 11.1. The molecular formula is C13H7ClN2O6. The molecule has 0 aliphatic rings. The molecule has 0 saturated heterocycles. The maximum absolute atomic E-state index is 11.1. The van der Waals surface area contributed by atoms with Crippen molar-refractivity contribution in [3.8, 4) is 11.1 Å². The summed E-state index contributed by atoms with van der Waals surface area (Å²) in [5, 5.41) is 30.7. The van der Waals surface area contributed by atoms with Crippen molar-refractivity contribution >= 4 is 28.9 Å². The fourth-order valence-electron chi connectivity index (χ4n) is 1.92. The number of carbonyl (C=O) groups is 1. The fourth-order valence-corrected chi connectivity index (χ4v) is 2.23. The first-order chi connectivity index (χ1) is 10.3. The van der Waals surface area contributed by atoms with Crippen LogP contribution in [0.5, 0.6) is 0 Å². The van der Waals surface area contributed by atoms with Crippen LogP contribution >= 0.6 is 11.6 Å². The molecule has 0 atom stereocenters. The lowest BCUT2D eigenvalue weighted by molar-refractivity contribution is -0.393. The molecule has 0 aliphatic heterocycles. The normalized spacial score (nSPS) is 10.2. The van der Waals surface area contributed by atoms with Crippen LogP contribution < -0.4 is 0 Å². The highest BCUT2D eigenvalue weighted by Crippen LogP contribution is 2.38.